The Morgan fingerprint density at radius 1 is 1.44 bits per heavy atom. The van der Waals surface area contributed by atoms with Gasteiger partial charge in [0.1, 0.15) is 12.4 Å². The first-order valence-corrected chi connectivity index (χ1v) is 5.87. The van der Waals surface area contributed by atoms with Gasteiger partial charge < -0.3 is 15.8 Å². The Balaban J connectivity index is 2.51. The minimum absolute atomic E-state index is 0.172. The van der Waals surface area contributed by atoms with E-state index in [1.807, 2.05) is 20.8 Å². The average molecular weight is 262 g/mol. The van der Waals surface area contributed by atoms with Crippen LogP contribution >= 0.6 is 0 Å². The highest BCUT2D eigenvalue weighted by Crippen LogP contribution is 2.25. The molecule has 0 atom stereocenters. The van der Waals surface area contributed by atoms with Crippen molar-refractivity contribution < 1.29 is 13.5 Å². The molecule has 0 aliphatic carbocycles. The molecule has 18 heavy (non-hydrogen) atoms. The van der Waals surface area contributed by atoms with Gasteiger partial charge in [0.25, 0.3) is 6.43 Å². The van der Waals surface area contributed by atoms with Crippen LogP contribution in [0.15, 0.2) is 0 Å². The van der Waals surface area contributed by atoms with Crippen molar-refractivity contribution in [1.82, 2.24) is 9.78 Å². The number of nitrogens with one attached hydrogen (secondary N) is 1. The quantitative estimate of drug-likeness (QED) is 0.738. The zero-order valence-corrected chi connectivity index (χ0v) is 10.9. The molecule has 0 aromatic carbocycles. The summed E-state index contributed by atoms with van der Waals surface area (Å²) >= 11 is 0. The number of halogens is 2. The smallest absolute Gasteiger partial charge is 0.261 e. The summed E-state index contributed by atoms with van der Waals surface area (Å²) in [6.45, 7) is 5.88. The molecule has 7 heteroatoms. The van der Waals surface area contributed by atoms with Gasteiger partial charge in [-0.15, -0.1) is 0 Å². The average Bonchev–Trinajstić information content (AvgIpc) is 2.56. The number of aryl methyl sites for hydroxylation is 1. The van der Waals surface area contributed by atoms with E-state index in [2.05, 4.69) is 10.4 Å². The molecule has 104 valence electrons. The summed E-state index contributed by atoms with van der Waals surface area (Å²) in [5.74, 6) is 0.711. The standard InChI is InChI=1S/C11H20F2N4O/c1-7(2)17-11(10(14)8(3)16-17)15-4-5-18-6-9(12)13/h7,9,15H,4-6,14H2,1-3H3. The Morgan fingerprint density at radius 2 is 2.11 bits per heavy atom. The van der Waals surface area contributed by atoms with Gasteiger partial charge in [0.15, 0.2) is 0 Å². The van der Waals surface area contributed by atoms with Gasteiger partial charge in [-0.2, -0.15) is 5.10 Å². The fourth-order valence-corrected chi connectivity index (χ4v) is 1.52. The Hall–Kier alpha value is -1.37. The molecule has 3 N–H and O–H groups in total. The van der Waals surface area contributed by atoms with Crippen molar-refractivity contribution in [3.8, 4) is 0 Å². The van der Waals surface area contributed by atoms with Gasteiger partial charge in [-0.3, -0.25) is 0 Å². The number of nitrogen functional groups attached to an aromatic ring is 1. The number of anilines is 2. The Labute approximate surface area is 105 Å². The summed E-state index contributed by atoms with van der Waals surface area (Å²) in [4.78, 5) is 0. The highest BCUT2D eigenvalue weighted by molar-refractivity contribution is 5.64. The van der Waals surface area contributed by atoms with Crippen LogP contribution in [0.3, 0.4) is 0 Å². The summed E-state index contributed by atoms with van der Waals surface area (Å²) < 4.78 is 30.2. The summed E-state index contributed by atoms with van der Waals surface area (Å²) in [5, 5.41) is 7.37. The van der Waals surface area contributed by atoms with Crippen molar-refractivity contribution in [3.05, 3.63) is 5.69 Å². The maximum Gasteiger partial charge on any atom is 0.261 e. The van der Waals surface area contributed by atoms with Gasteiger partial charge in [0, 0.05) is 12.6 Å². The summed E-state index contributed by atoms with van der Waals surface area (Å²) in [6, 6.07) is 0.172. The van der Waals surface area contributed by atoms with Crippen LogP contribution in [0.4, 0.5) is 20.3 Å². The number of aromatic nitrogens is 2. The van der Waals surface area contributed by atoms with Gasteiger partial charge in [0.2, 0.25) is 0 Å². The third-order valence-electron chi connectivity index (χ3n) is 2.40. The van der Waals surface area contributed by atoms with Gasteiger partial charge in [-0.25, -0.2) is 13.5 Å². The van der Waals surface area contributed by atoms with Crippen LogP contribution in [0.25, 0.3) is 0 Å². The molecule has 0 amide bonds. The van der Waals surface area contributed by atoms with E-state index in [9.17, 15) is 8.78 Å². The molecular formula is C11H20F2N4O. The second kappa shape index (κ2) is 6.53. The summed E-state index contributed by atoms with van der Waals surface area (Å²) in [7, 11) is 0. The first kappa shape index (κ1) is 14.7. The third kappa shape index (κ3) is 3.83. The molecule has 0 fully saturated rings. The van der Waals surface area contributed by atoms with E-state index in [1.54, 1.807) is 4.68 Å². The Kier molecular flexibility index (Phi) is 5.33. The van der Waals surface area contributed by atoms with Crippen molar-refractivity contribution in [2.75, 3.05) is 30.8 Å². The van der Waals surface area contributed by atoms with Crippen molar-refractivity contribution in [1.29, 1.82) is 0 Å². The summed E-state index contributed by atoms with van der Waals surface area (Å²) in [5.41, 5.74) is 7.23. The van der Waals surface area contributed by atoms with E-state index < -0.39 is 13.0 Å². The Morgan fingerprint density at radius 3 is 2.67 bits per heavy atom. The van der Waals surface area contributed by atoms with Crippen molar-refractivity contribution in [2.24, 2.45) is 0 Å². The van der Waals surface area contributed by atoms with Gasteiger partial charge >= 0.3 is 0 Å². The number of hydrogen-bond acceptors (Lipinski definition) is 4. The molecule has 1 aromatic rings. The van der Waals surface area contributed by atoms with Crippen LogP contribution in [-0.2, 0) is 4.74 Å². The lowest BCUT2D eigenvalue weighted by Gasteiger charge is -2.13. The van der Waals surface area contributed by atoms with Crippen LogP contribution in [0.5, 0.6) is 0 Å². The lowest BCUT2D eigenvalue weighted by atomic mass is 10.3. The first-order valence-electron chi connectivity index (χ1n) is 5.87. The van der Waals surface area contributed by atoms with E-state index in [1.165, 1.54) is 0 Å². The second-order valence-corrected chi connectivity index (χ2v) is 4.28. The third-order valence-corrected chi connectivity index (χ3v) is 2.40. The molecule has 1 rings (SSSR count). The lowest BCUT2D eigenvalue weighted by Crippen LogP contribution is -2.16. The van der Waals surface area contributed by atoms with Gasteiger partial charge in [0.05, 0.1) is 18.0 Å². The second-order valence-electron chi connectivity index (χ2n) is 4.28. The number of nitrogens with zero attached hydrogens (tertiary/aromatic N) is 2. The predicted molar refractivity (Wildman–Crippen MR) is 67.1 cm³/mol. The van der Waals surface area contributed by atoms with Crippen LogP contribution in [0, 0.1) is 6.92 Å². The van der Waals surface area contributed by atoms with Crippen molar-refractivity contribution >= 4 is 11.5 Å². The molecule has 0 saturated heterocycles. The van der Waals surface area contributed by atoms with Crippen molar-refractivity contribution in [2.45, 2.75) is 33.2 Å². The molecule has 0 aliphatic rings. The fraction of sp³-hybridized carbons (Fsp3) is 0.727. The number of hydrogen-bond donors (Lipinski definition) is 2. The predicted octanol–water partition coefficient (Wildman–Crippen LogP) is 2.05. The van der Waals surface area contributed by atoms with E-state index in [0.717, 1.165) is 5.69 Å². The van der Waals surface area contributed by atoms with Crippen LogP contribution < -0.4 is 11.1 Å². The topological polar surface area (TPSA) is 65.1 Å². The minimum Gasteiger partial charge on any atom is -0.394 e. The molecule has 1 aromatic heterocycles. The van der Waals surface area contributed by atoms with Crippen LogP contribution in [-0.4, -0.2) is 36.0 Å². The number of rotatable bonds is 7. The number of nitrogens with two attached hydrogens (primary N) is 1. The summed E-state index contributed by atoms with van der Waals surface area (Å²) in [6.07, 6.45) is -2.43. The zero-order valence-electron chi connectivity index (χ0n) is 10.9. The van der Waals surface area contributed by atoms with Crippen LogP contribution in [0.1, 0.15) is 25.6 Å². The normalized spacial score (nSPS) is 11.5. The molecule has 0 spiro atoms. The van der Waals surface area contributed by atoms with Gasteiger partial charge in [-0.1, -0.05) is 0 Å². The van der Waals surface area contributed by atoms with E-state index in [0.29, 0.717) is 18.1 Å². The lowest BCUT2D eigenvalue weighted by molar-refractivity contribution is 0.0214. The molecular weight excluding hydrogens is 242 g/mol. The molecule has 5 nitrogen and oxygen atoms in total. The fourth-order valence-electron chi connectivity index (χ4n) is 1.52. The zero-order chi connectivity index (χ0) is 13.7. The molecule has 1 heterocycles. The molecule has 0 bridgehead atoms. The largest absolute Gasteiger partial charge is 0.394 e. The Bertz CT molecular complexity index is 379. The van der Waals surface area contributed by atoms with E-state index in [-0.39, 0.29) is 12.6 Å². The number of alkyl halides is 2. The molecule has 0 radical (unpaired) electrons. The van der Waals surface area contributed by atoms with E-state index >= 15 is 0 Å². The SMILES string of the molecule is Cc1nn(C(C)C)c(NCCOCC(F)F)c1N. The monoisotopic (exact) mass is 262 g/mol. The first-order chi connectivity index (χ1) is 8.43. The van der Waals surface area contributed by atoms with Crippen LogP contribution in [0.2, 0.25) is 0 Å². The minimum atomic E-state index is -2.43. The maximum atomic E-state index is 11.8. The molecule has 0 unspecified atom stereocenters. The van der Waals surface area contributed by atoms with Gasteiger partial charge in [-0.05, 0) is 20.8 Å². The van der Waals surface area contributed by atoms with E-state index in [4.69, 9.17) is 10.5 Å². The molecule has 0 saturated carbocycles. The maximum absolute atomic E-state index is 11.8. The number of ether oxygens (including phenoxy) is 1. The van der Waals surface area contributed by atoms with Crippen molar-refractivity contribution in [3.63, 3.8) is 0 Å². The highest BCUT2D eigenvalue weighted by atomic mass is 19.3. The highest BCUT2D eigenvalue weighted by Gasteiger charge is 2.14. The molecule has 0 aliphatic heterocycles.